The van der Waals surface area contributed by atoms with E-state index in [4.69, 9.17) is 4.74 Å². The van der Waals surface area contributed by atoms with Gasteiger partial charge >= 0.3 is 12.1 Å². The number of aliphatic hydroxyl groups excluding tert-OH is 2. The van der Waals surface area contributed by atoms with Crippen LogP contribution in [0.5, 0.6) is 0 Å². The average molecular weight is 1360 g/mol. The van der Waals surface area contributed by atoms with E-state index in [1.54, 1.807) is 74.5 Å². The van der Waals surface area contributed by atoms with E-state index in [0.717, 1.165) is 16.7 Å². The maximum Gasteiger partial charge on any atom is 0.410 e. The molecule has 8 N–H and O–H groups in total. The first-order chi connectivity index (χ1) is 44.1. The van der Waals surface area contributed by atoms with Crippen LogP contribution < -0.4 is 26.6 Å². The molecule has 0 aromatic carbocycles. The van der Waals surface area contributed by atoms with Crippen molar-refractivity contribution in [2.75, 3.05) is 42.3 Å². The Morgan fingerprint density at radius 3 is 1.25 bits per heavy atom. The van der Waals surface area contributed by atoms with Crippen molar-refractivity contribution >= 4 is 71.1 Å². The molecule has 0 aromatic heterocycles. The van der Waals surface area contributed by atoms with Gasteiger partial charge in [-0.05, 0) is 128 Å². The number of carboxylic acids is 1. The number of carbonyl (C=O) groups excluding carboxylic acids is 11. The number of ether oxygens (including phenoxy) is 1. The molecule has 0 fully saturated rings. The summed E-state index contributed by atoms with van der Waals surface area (Å²) in [5.41, 5.74) is -0.828. The molecule has 0 saturated heterocycles. The quantitative estimate of drug-likeness (QED) is 0.0392. The summed E-state index contributed by atoms with van der Waals surface area (Å²) in [6.07, 6.45) is 1.12. The van der Waals surface area contributed by atoms with Crippen LogP contribution in [0, 0.1) is 41.4 Å². The van der Waals surface area contributed by atoms with Gasteiger partial charge in [0.1, 0.15) is 66.0 Å². The number of hydrogen-bond acceptors (Lipinski definition) is 15. The van der Waals surface area contributed by atoms with Crippen molar-refractivity contribution in [2.45, 2.75) is 275 Å². The van der Waals surface area contributed by atoms with Crippen LogP contribution in [0.2, 0.25) is 0 Å². The number of amides is 11. The number of nitrogens with one attached hydrogen (secondary N) is 5. The van der Waals surface area contributed by atoms with Gasteiger partial charge in [0.2, 0.25) is 59.1 Å². The molecule has 0 bridgehead atoms. The van der Waals surface area contributed by atoms with Gasteiger partial charge in [-0.1, -0.05) is 116 Å². The van der Waals surface area contributed by atoms with Crippen LogP contribution in [-0.2, 0) is 57.5 Å². The van der Waals surface area contributed by atoms with Crippen LogP contribution >= 0.6 is 0 Å². The third-order valence-electron chi connectivity index (χ3n) is 17.2. The zero-order chi connectivity index (χ0) is 75.0. The van der Waals surface area contributed by atoms with E-state index in [1.165, 1.54) is 75.7 Å². The lowest BCUT2D eigenvalue weighted by Gasteiger charge is -2.40. The Morgan fingerprint density at radius 1 is 0.438 bits per heavy atom. The summed E-state index contributed by atoms with van der Waals surface area (Å²) in [5.74, 6) is -11.1. The summed E-state index contributed by atoms with van der Waals surface area (Å²) in [4.78, 5) is 176. The molecule has 2 unspecified atom stereocenters. The third kappa shape index (κ3) is 27.2. The summed E-state index contributed by atoms with van der Waals surface area (Å²) in [5, 5.41) is 45.0. The lowest BCUT2D eigenvalue weighted by molar-refractivity contribution is -0.155. The van der Waals surface area contributed by atoms with E-state index >= 15 is 0 Å². The number of allylic oxidation sites excluding steroid dienone is 2. The molecule has 0 aromatic rings. The molecule has 0 heterocycles. The highest BCUT2D eigenvalue weighted by Gasteiger charge is 2.45. The molecule has 15 atom stereocenters. The lowest BCUT2D eigenvalue weighted by atomic mass is 9.91. The fourth-order valence-corrected chi connectivity index (χ4v) is 11.4. The van der Waals surface area contributed by atoms with E-state index in [0.29, 0.717) is 6.42 Å². The molecule has 0 rings (SSSR count). The summed E-state index contributed by atoms with van der Waals surface area (Å²) in [6, 6.07) is -14.2. The minimum atomic E-state index is -1.79. The van der Waals surface area contributed by atoms with Crippen LogP contribution in [-0.4, -0.2) is 242 Å². The van der Waals surface area contributed by atoms with Crippen LogP contribution in [0.15, 0.2) is 12.2 Å². The Kier molecular flexibility index (Phi) is 37.8. The molecule has 0 aliphatic rings. The van der Waals surface area contributed by atoms with Gasteiger partial charge in [0.05, 0.1) is 12.2 Å². The summed E-state index contributed by atoms with van der Waals surface area (Å²) >= 11 is 0. The van der Waals surface area contributed by atoms with Crippen LogP contribution in [0.3, 0.4) is 0 Å². The van der Waals surface area contributed by atoms with Crippen molar-refractivity contribution in [3.8, 4) is 0 Å². The average Bonchev–Trinajstić information content (AvgIpc) is 0.814. The standard InChI is InChI=1S/C69H125N11O16/c1-28-31-32-43(15)56(82)55(61(87)74-52(46(18)81)67(93)94)80(27)66(92)53(41(12)13)78(25)64(90)48(34-38(6)7)72-59(85)51(36-40(10)11)75(22)62(88)45(17)71-57(83)44(16)70-58(84)50(35-39(8)9)76(23)63(89)47(33-37(4)5)73-60(86)54(42(14)29-2)79(26)65(91)49(30-3)77(24)68(95)96-69(19,20)21/h28,31,37-56,81-82H,29-30,32-36H2,1-27H3,(H,70,84)(H,71,83)(H,72,85)(H,73,86)(H,74,87)(H,93,94)/t42?,43-,44+,45-,46?,47+,48+,49-,50+,51+,52+,53+,54+,55+,56-/m1/s1. The van der Waals surface area contributed by atoms with Gasteiger partial charge in [-0.2, -0.15) is 0 Å². The maximum atomic E-state index is 14.8. The number of likely N-dealkylation sites (N-methyl/N-ethyl adjacent to an activating group) is 6. The molecular formula is C69H125N11O16. The molecule has 96 heavy (non-hydrogen) atoms. The normalized spacial score (nSPS) is 16.6. The smallest absolute Gasteiger partial charge is 0.410 e. The van der Waals surface area contributed by atoms with E-state index in [-0.39, 0.29) is 62.2 Å². The van der Waals surface area contributed by atoms with Gasteiger partial charge in [-0.3, -0.25) is 52.8 Å². The zero-order valence-corrected chi connectivity index (χ0v) is 63.0. The number of rotatable bonds is 39. The number of aliphatic carboxylic acids is 1. The molecule has 27 heteroatoms. The predicted octanol–water partition coefficient (Wildman–Crippen LogP) is 4.55. The first kappa shape index (κ1) is 89.1. The minimum absolute atomic E-state index is 0.0731. The van der Waals surface area contributed by atoms with Crippen molar-refractivity contribution in [3.05, 3.63) is 12.2 Å². The second-order valence-corrected chi connectivity index (χ2v) is 29.2. The largest absolute Gasteiger partial charge is 0.480 e. The van der Waals surface area contributed by atoms with Crippen LogP contribution in [0.1, 0.15) is 190 Å². The Morgan fingerprint density at radius 2 is 0.844 bits per heavy atom. The van der Waals surface area contributed by atoms with Crippen LogP contribution in [0.4, 0.5) is 4.79 Å². The Balaban J connectivity index is 6.94. The van der Waals surface area contributed by atoms with Crippen molar-refractivity contribution in [2.24, 2.45) is 41.4 Å². The van der Waals surface area contributed by atoms with Gasteiger partial charge in [-0.25, -0.2) is 9.59 Å². The number of carboxylic acid groups (broad SMARTS) is 1. The van der Waals surface area contributed by atoms with Crippen LogP contribution in [0.25, 0.3) is 0 Å². The monoisotopic (exact) mass is 1360 g/mol. The van der Waals surface area contributed by atoms with Crippen molar-refractivity contribution in [1.29, 1.82) is 0 Å². The number of carbonyl (C=O) groups is 12. The molecule has 0 spiro atoms. The molecule has 11 amide bonds. The molecule has 552 valence electrons. The zero-order valence-electron chi connectivity index (χ0n) is 63.0. The van der Waals surface area contributed by atoms with E-state index in [2.05, 4.69) is 26.6 Å². The molecule has 0 aliphatic carbocycles. The molecule has 27 nitrogen and oxygen atoms in total. The SMILES string of the molecule is CC=CC[C@@H](C)[C@@H](O)[C@@H](C(=O)N[C@H](C(=O)O)C(C)O)N(C)C(=O)[C@H](C(C)C)N(C)C(=O)[C@H](CC(C)C)NC(=O)[C@H](CC(C)C)N(C)C(=O)[C@@H](C)NC(=O)[C@H](C)NC(=O)[C@H](CC(C)C)N(C)C(=O)[C@H](CC(C)C)NC(=O)[C@H](C(C)CC)N(C)C(=O)[C@@H](CC)N(C)C(=O)OC(C)(C)C. The van der Waals surface area contributed by atoms with Gasteiger partial charge in [0.25, 0.3) is 0 Å². The third-order valence-corrected chi connectivity index (χ3v) is 17.2. The number of hydrogen-bond donors (Lipinski definition) is 8. The van der Waals surface area contributed by atoms with Crippen molar-refractivity contribution in [3.63, 3.8) is 0 Å². The minimum Gasteiger partial charge on any atom is -0.480 e. The number of nitrogens with zero attached hydrogens (tertiary/aromatic N) is 6. The van der Waals surface area contributed by atoms with Crippen molar-refractivity contribution < 1.29 is 77.6 Å². The molecular weight excluding hydrogens is 1240 g/mol. The fraction of sp³-hybridized carbons (Fsp3) is 0.797. The topological polar surface area (TPSA) is 354 Å². The highest BCUT2D eigenvalue weighted by Crippen LogP contribution is 2.25. The van der Waals surface area contributed by atoms with E-state index < -0.39 is 173 Å². The maximum absolute atomic E-state index is 14.8. The Labute approximate surface area is 573 Å². The first-order valence-corrected chi connectivity index (χ1v) is 34.1. The first-order valence-electron chi connectivity index (χ1n) is 34.1. The Bertz CT molecular complexity index is 2630. The predicted molar refractivity (Wildman–Crippen MR) is 368 cm³/mol. The fourth-order valence-electron chi connectivity index (χ4n) is 11.4. The van der Waals surface area contributed by atoms with Gasteiger partial charge in [-0.15, -0.1) is 0 Å². The van der Waals surface area contributed by atoms with Gasteiger partial charge in [0.15, 0.2) is 6.04 Å². The lowest BCUT2D eigenvalue weighted by Crippen LogP contribution is -2.63. The highest BCUT2D eigenvalue weighted by atomic mass is 16.6. The summed E-state index contributed by atoms with van der Waals surface area (Å²) in [7, 11) is 8.38. The second kappa shape index (κ2) is 40.7. The molecule has 0 saturated carbocycles. The Hall–Kier alpha value is -6.90. The summed E-state index contributed by atoms with van der Waals surface area (Å²) < 4.78 is 5.53. The number of aliphatic hydroxyl groups is 2. The molecule has 0 radical (unpaired) electrons. The van der Waals surface area contributed by atoms with Gasteiger partial charge in [0, 0.05) is 42.3 Å². The van der Waals surface area contributed by atoms with Crippen molar-refractivity contribution in [1.82, 2.24) is 56.0 Å². The van der Waals surface area contributed by atoms with E-state index in [9.17, 15) is 72.9 Å². The second-order valence-electron chi connectivity index (χ2n) is 29.2. The van der Waals surface area contributed by atoms with Gasteiger partial charge < -0.3 is 71.1 Å². The highest BCUT2D eigenvalue weighted by molar-refractivity contribution is 5.99. The van der Waals surface area contributed by atoms with E-state index in [1.807, 2.05) is 62.3 Å². The summed E-state index contributed by atoms with van der Waals surface area (Å²) in [6.45, 7) is 36.0. The molecule has 0 aliphatic heterocycles.